The Hall–Kier alpha value is -2.24. The monoisotopic (exact) mass is 452 g/mol. The maximum absolute atomic E-state index is 13.1. The summed E-state index contributed by atoms with van der Waals surface area (Å²) in [7, 11) is 1.49. The first-order valence-corrected chi connectivity index (χ1v) is 12.4. The second-order valence-corrected chi connectivity index (χ2v) is 9.78. The number of hydrogen-bond donors (Lipinski definition) is 0. The third-order valence-corrected chi connectivity index (χ3v) is 7.50. The predicted molar refractivity (Wildman–Crippen MR) is 130 cm³/mol. The second-order valence-electron chi connectivity index (χ2n) is 9.78. The van der Waals surface area contributed by atoms with Crippen molar-refractivity contribution in [1.82, 2.24) is 9.80 Å². The molecule has 1 unspecified atom stereocenters. The lowest BCUT2D eigenvalue weighted by atomic mass is 9.88. The molecule has 0 aromatic heterocycles. The largest absolute Gasteiger partial charge is 0.468 e. The van der Waals surface area contributed by atoms with Crippen molar-refractivity contribution in [2.75, 3.05) is 39.8 Å². The van der Waals surface area contributed by atoms with Gasteiger partial charge in [-0.25, -0.2) is 4.39 Å². The van der Waals surface area contributed by atoms with Crippen LogP contribution in [0.4, 0.5) is 4.39 Å². The molecule has 0 amide bonds. The molecule has 2 fully saturated rings. The summed E-state index contributed by atoms with van der Waals surface area (Å²) < 4.78 is 18.3. The van der Waals surface area contributed by atoms with Crippen molar-refractivity contribution in [3.8, 4) is 0 Å². The van der Waals surface area contributed by atoms with E-state index in [2.05, 4.69) is 21.9 Å². The topological polar surface area (TPSA) is 32.8 Å². The highest BCUT2D eigenvalue weighted by Crippen LogP contribution is 2.26. The zero-order chi connectivity index (χ0) is 23.0. The fourth-order valence-electron chi connectivity index (χ4n) is 5.47. The maximum Gasteiger partial charge on any atom is 0.323 e. The van der Waals surface area contributed by atoms with Gasteiger partial charge in [0.05, 0.1) is 7.11 Å². The molecule has 2 aromatic carbocycles. The van der Waals surface area contributed by atoms with Gasteiger partial charge in [-0.2, -0.15) is 0 Å². The Bertz CT molecular complexity index is 857. The van der Waals surface area contributed by atoms with Crippen LogP contribution in [-0.4, -0.2) is 61.6 Å². The van der Waals surface area contributed by atoms with Gasteiger partial charge in [-0.05, 0) is 99.8 Å². The van der Waals surface area contributed by atoms with Crippen molar-refractivity contribution in [3.05, 3.63) is 71.5 Å². The minimum atomic E-state index is -0.194. The van der Waals surface area contributed by atoms with Gasteiger partial charge in [-0.15, -0.1) is 0 Å². The normalized spacial score (nSPS) is 19.9. The Morgan fingerprint density at radius 1 is 0.909 bits per heavy atom. The van der Waals surface area contributed by atoms with Crippen LogP contribution in [0.15, 0.2) is 54.6 Å². The van der Waals surface area contributed by atoms with Crippen LogP contribution in [0.2, 0.25) is 0 Å². The summed E-state index contributed by atoms with van der Waals surface area (Å²) in [4.78, 5) is 17.5. The van der Waals surface area contributed by atoms with Gasteiger partial charge in [0, 0.05) is 6.54 Å². The molecule has 0 radical (unpaired) electrons. The van der Waals surface area contributed by atoms with E-state index >= 15 is 0 Å². The quantitative estimate of drug-likeness (QED) is 0.549. The number of carbonyl (C=O) groups excluding carboxylic acids is 1. The van der Waals surface area contributed by atoms with E-state index < -0.39 is 0 Å². The smallest absolute Gasteiger partial charge is 0.323 e. The number of piperidine rings is 2. The van der Waals surface area contributed by atoms with E-state index in [0.717, 1.165) is 45.4 Å². The van der Waals surface area contributed by atoms with Crippen molar-refractivity contribution < 1.29 is 13.9 Å². The average molecular weight is 453 g/mol. The van der Waals surface area contributed by atoms with Crippen LogP contribution in [0.1, 0.15) is 36.8 Å². The zero-order valence-corrected chi connectivity index (χ0v) is 19.8. The lowest BCUT2D eigenvalue weighted by Crippen LogP contribution is -2.49. The van der Waals surface area contributed by atoms with E-state index in [-0.39, 0.29) is 17.8 Å². The van der Waals surface area contributed by atoms with Gasteiger partial charge >= 0.3 is 5.97 Å². The molecule has 4 rings (SSSR count). The molecule has 0 saturated carbocycles. The van der Waals surface area contributed by atoms with E-state index in [1.807, 2.05) is 30.3 Å². The number of nitrogens with zero attached hydrogens (tertiary/aromatic N) is 2. The second kappa shape index (κ2) is 11.8. The van der Waals surface area contributed by atoms with Crippen LogP contribution in [0, 0.1) is 17.7 Å². The van der Waals surface area contributed by atoms with E-state index in [1.54, 1.807) is 12.1 Å². The minimum absolute atomic E-state index is 0.125. The molecule has 0 N–H and O–H groups in total. The number of methoxy groups -OCH3 is 1. The highest BCUT2D eigenvalue weighted by atomic mass is 19.1. The summed E-state index contributed by atoms with van der Waals surface area (Å²) in [6, 6.07) is 17.0. The molecular weight excluding hydrogens is 415 g/mol. The van der Waals surface area contributed by atoms with Crippen molar-refractivity contribution >= 4 is 5.97 Å². The Labute approximate surface area is 197 Å². The van der Waals surface area contributed by atoms with E-state index in [0.29, 0.717) is 18.3 Å². The predicted octanol–water partition coefficient (Wildman–Crippen LogP) is 4.58. The zero-order valence-electron chi connectivity index (χ0n) is 19.8. The van der Waals surface area contributed by atoms with Gasteiger partial charge in [-0.3, -0.25) is 9.69 Å². The van der Waals surface area contributed by atoms with Crippen molar-refractivity contribution in [2.45, 2.75) is 44.6 Å². The molecule has 178 valence electrons. The summed E-state index contributed by atoms with van der Waals surface area (Å²) in [5.74, 6) is 1.12. The Balaban J connectivity index is 1.21. The highest BCUT2D eigenvalue weighted by Gasteiger charge is 2.31. The SMILES string of the molecule is COC(=O)C(Cc1ccccc1)N1CCC(CN2CCC(Cc3ccc(F)cc3)CC2)CC1. The number of rotatable bonds is 8. The molecule has 0 bridgehead atoms. The highest BCUT2D eigenvalue weighted by molar-refractivity contribution is 5.76. The Morgan fingerprint density at radius 2 is 1.55 bits per heavy atom. The van der Waals surface area contributed by atoms with Crippen LogP contribution in [0.3, 0.4) is 0 Å². The van der Waals surface area contributed by atoms with Crippen LogP contribution < -0.4 is 0 Å². The number of likely N-dealkylation sites (tertiary alicyclic amines) is 2. The first kappa shape index (κ1) is 23.9. The first-order chi connectivity index (χ1) is 16.1. The first-order valence-electron chi connectivity index (χ1n) is 12.4. The lowest BCUT2D eigenvalue weighted by molar-refractivity contribution is -0.147. The number of benzene rings is 2. The molecule has 1 atom stereocenters. The van der Waals surface area contributed by atoms with Crippen LogP contribution in [0.5, 0.6) is 0 Å². The van der Waals surface area contributed by atoms with Crippen LogP contribution in [-0.2, 0) is 22.4 Å². The number of ether oxygens (including phenoxy) is 1. The minimum Gasteiger partial charge on any atom is -0.468 e. The average Bonchev–Trinajstić information content (AvgIpc) is 2.86. The summed E-state index contributed by atoms with van der Waals surface area (Å²) in [5.41, 5.74) is 2.43. The molecule has 2 aliphatic heterocycles. The number of carbonyl (C=O) groups is 1. The Kier molecular flexibility index (Phi) is 8.51. The van der Waals surface area contributed by atoms with Crippen molar-refractivity contribution in [2.24, 2.45) is 11.8 Å². The van der Waals surface area contributed by atoms with Gasteiger partial charge < -0.3 is 9.64 Å². The van der Waals surface area contributed by atoms with Crippen LogP contribution >= 0.6 is 0 Å². The molecule has 2 aromatic rings. The van der Waals surface area contributed by atoms with E-state index in [9.17, 15) is 9.18 Å². The van der Waals surface area contributed by atoms with E-state index in [1.165, 1.54) is 37.6 Å². The lowest BCUT2D eigenvalue weighted by Gasteiger charge is -2.39. The molecule has 2 heterocycles. The number of hydrogen-bond acceptors (Lipinski definition) is 4. The Morgan fingerprint density at radius 3 is 2.18 bits per heavy atom. The molecule has 0 spiro atoms. The molecule has 0 aliphatic carbocycles. The van der Waals surface area contributed by atoms with Crippen molar-refractivity contribution in [3.63, 3.8) is 0 Å². The molecule has 5 heteroatoms. The summed E-state index contributed by atoms with van der Waals surface area (Å²) >= 11 is 0. The number of halogens is 1. The van der Waals surface area contributed by atoms with Gasteiger partial charge in [-0.1, -0.05) is 42.5 Å². The molecule has 2 saturated heterocycles. The molecular formula is C28H37FN2O2. The number of esters is 1. The molecule has 4 nitrogen and oxygen atoms in total. The third-order valence-electron chi connectivity index (χ3n) is 7.50. The van der Waals surface area contributed by atoms with E-state index in [4.69, 9.17) is 4.74 Å². The fourth-order valence-corrected chi connectivity index (χ4v) is 5.47. The summed E-state index contributed by atoms with van der Waals surface area (Å²) in [6.45, 7) is 5.39. The maximum atomic E-state index is 13.1. The van der Waals surface area contributed by atoms with Gasteiger partial charge in [0.15, 0.2) is 0 Å². The molecule has 2 aliphatic rings. The fraction of sp³-hybridized carbons (Fsp3) is 0.536. The van der Waals surface area contributed by atoms with Gasteiger partial charge in [0.2, 0.25) is 0 Å². The third kappa shape index (κ3) is 6.87. The standard InChI is InChI=1S/C28H37FN2O2/c1-33-28(32)27(20-22-5-3-2-4-6-22)31-17-13-25(14-18-31)21-30-15-11-24(12-16-30)19-23-7-9-26(29)10-8-23/h2-10,24-25,27H,11-21H2,1H3. The van der Waals surface area contributed by atoms with Crippen LogP contribution in [0.25, 0.3) is 0 Å². The summed E-state index contributed by atoms with van der Waals surface area (Å²) in [5, 5.41) is 0. The van der Waals surface area contributed by atoms with Gasteiger partial charge in [0.1, 0.15) is 11.9 Å². The molecule has 33 heavy (non-hydrogen) atoms. The van der Waals surface area contributed by atoms with Gasteiger partial charge in [0.25, 0.3) is 0 Å². The summed E-state index contributed by atoms with van der Waals surface area (Å²) in [6.07, 6.45) is 6.48. The van der Waals surface area contributed by atoms with Crippen molar-refractivity contribution in [1.29, 1.82) is 0 Å².